The first kappa shape index (κ1) is 31.5. The molecule has 0 aromatic heterocycles. The van der Waals surface area contributed by atoms with Crippen molar-refractivity contribution >= 4 is 34.3 Å². The minimum absolute atomic E-state index is 0.0158. The summed E-state index contributed by atoms with van der Waals surface area (Å²) in [5.74, 6) is -0.594. The van der Waals surface area contributed by atoms with E-state index in [-0.39, 0.29) is 11.3 Å². The number of benzene rings is 4. The van der Waals surface area contributed by atoms with Crippen molar-refractivity contribution in [2.75, 3.05) is 6.54 Å². The standard InChI is InChI=1S/C30H31F2N2O6PS/c31-30(32,41(36,37)38)25-18-16-23(17-19-25)21-27(29(35)33-20-7-6-11-22-9-2-1-3-10-22)34-42(39,40)28-15-8-13-24-12-4-5-14-26(24)28/h1-5,8-10,12-19,27,34H,6-7,11,20-21H2,(H,33,35)(H2,36,37,38). The van der Waals surface area contributed by atoms with E-state index < -0.39 is 40.8 Å². The van der Waals surface area contributed by atoms with Crippen LogP contribution in [-0.4, -0.2) is 36.7 Å². The second kappa shape index (κ2) is 13.2. The van der Waals surface area contributed by atoms with E-state index in [1.165, 1.54) is 18.2 Å². The first-order chi connectivity index (χ1) is 19.9. The van der Waals surface area contributed by atoms with Crippen molar-refractivity contribution in [2.24, 2.45) is 0 Å². The van der Waals surface area contributed by atoms with Gasteiger partial charge < -0.3 is 15.1 Å². The van der Waals surface area contributed by atoms with Crippen LogP contribution in [-0.2, 0) is 37.9 Å². The van der Waals surface area contributed by atoms with E-state index in [1.807, 2.05) is 30.3 Å². The van der Waals surface area contributed by atoms with Gasteiger partial charge in [-0.3, -0.25) is 9.36 Å². The highest BCUT2D eigenvalue weighted by atomic mass is 32.2. The zero-order valence-corrected chi connectivity index (χ0v) is 24.2. The lowest BCUT2D eigenvalue weighted by Crippen LogP contribution is -2.48. The molecule has 222 valence electrons. The molecule has 1 amide bonds. The van der Waals surface area contributed by atoms with Crippen LogP contribution < -0.4 is 10.0 Å². The number of hydrogen-bond acceptors (Lipinski definition) is 4. The van der Waals surface area contributed by atoms with Crippen LogP contribution in [0.4, 0.5) is 8.78 Å². The molecule has 1 unspecified atom stereocenters. The van der Waals surface area contributed by atoms with E-state index in [0.29, 0.717) is 29.3 Å². The number of fused-ring (bicyclic) bond motifs is 1. The Morgan fingerprint density at radius 3 is 2.17 bits per heavy atom. The summed E-state index contributed by atoms with van der Waals surface area (Å²) in [6.45, 7) is 0.297. The number of carbonyl (C=O) groups excluding carboxylic acids is 1. The highest BCUT2D eigenvalue weighted by Gasteiger charge is 2.50. The average molecular weight is 617 g/mol. The number of nitrogens with one attached hydrogen (secondary N) is 2. The summed E-state index contributed by atoms with van der Waals surface area (Å²) in [6, 6.07) is 24.3. The number of halogens is 2. The SMILES string of the molecule is O=C(NCCCCc1ccccc1)C(Cc1ccc(C(F)(F)P(=O)(O)O)cc1)NS(=O)(=O)c1cccc2ccccc12. The van der Waals surface area contributed by atoms with E-state index in [1.54, 1.807) is 36.4 Å². The molecule has 0 heterocycles. The third-order valence-electron chi connectivity index (χ3n) is 6.79. The summed E-state index contributed by atoms with van der Waals surface area (Å²) < 4.78 is 68.9. The zero-order chi connectivity index (χ0) is 30.4. The molecule has 1 atom stereocenters. The van der Waals surface area contributed by atoms with E-state index in [9.17, 15) is 26.6 Å². The fourth-order valence-electron chi connectivity index (χ4n) is 4.55. The predicted octanol–water partition coefficient (Wildman–Crippen LogP) is 5.10. The third kappa shape index (κ3) is 7.67. The van der Waals surface area contributed by atoms with Crippen LogP contribution in [0.25, 0.3) is 10.8 Å². The van der Waals surface area contributed by atoms with Crippen molar-refractivity contribution in [3.8, 4) is 0 Å². The van der Waals surface area contributed by atoms with Gasteiger partial charge in [0.2, 0.25) is 15.9 Å². The number of amides is 1. The highest BCUT2D eigenvalue weighted by Crippen LogP contribution is 2.59. The molecule has 42 heavy (non-hydrogen) atoms. The zero-order valence-electron chi connectivity index (χ0n) is 22.5. The summed E-state index contributed by atoms with van der Waals surface area (Å²) >= 11 is 0. The van der Waals surface area contributed by atoms with Gasteiger partial charge in [-0.25, -0.2) is 8.42 Å². The first-order valence-corrected chi connectivity index (χ1v) is 16.3. The normalized spacial score (nSPS) is 13.1. The van der Waals surface area contributed by atoms with Gasteiger partial charge in [-0.2, -0.15) is 13.5 Å². The van der Waals surface area contributed by atoms with Gasteiger partial charge in [0, 0.05) is 17.5 Å². The highest BCUT2D eigenvalue weighted by molar-refractivity contribution is 7.89. The van der Waals surface area contributed by atoms with Crippen molar-refractivity contribution in [3.63, 3.8) is 0 Å². The Morgan fingerprint density at radius 1 is 0.833 bits per heavy atom. The fourth-order valence-corrected chi connectivity index (χ4v) is 6.46. The summed E-state index contributed by atoms with van der Waals surface area (Å²) in [5, 5.41) is 3.93. The lowest BCUT2D eigenvalue weighted by Gasteiger charge is -2.21. The Bertz CT molecular complexity index is 1670. The monoisotopic (exact) mass is 616 g/mol. The average Bonchev–Trinajstić information content (AvgIpc) is 2.96. The van der Waals surface area contributed by atoms with Crippen molar-refractivity contribution in [1.29, 1.82) is 0 Å². The summed E-state index contributed by atoms with van der Waals surface area (Å²) in [7, 11) is -9.97. The molecule has 8 nitrogen and oxygen atoms in total. The van der Waals surface area contributed by atoms with Crippen molar-refractivity contribution in [2.45, 2.75) is 42.3 Å². The molecule has 0 saturated heterocycles. The maximum atomic E-state index is 14.1. The van der Waals surface area contributed by atoms with E-state index in [0.717, 1.165) is 30.5 Å². The van der Waals surface area contributed by atoms with Crippen LogP contribution in [0.2, 0.25) is 0 Å². The van der Waals surface area contributed by atoms with Crippen molar-refractivity contribution in [3.05, 3.63) is 114 Å². The molecular formula is C30H31F2N2O6PS. The summed E-state index contributed by atoms with van der Waals surface area (Å²) in [5.41, 5.74) is -3.81. The second-order valence-electron chi connectivity index (χ2n) is 9.87. The second-order valence-corrected chi connectivity index (χ2v) is 13.2. The Labute approximate surface area is 243 Å². The van der Waals surface area contributed by atoms with Gasteiger partial charge >= 0.3 is 13.3 Å². The van der Waals surface area contributed by atoms with Crippen LogP contribution in [0.15, 0.2) is 102 Å². The molecule has 4 aromatic rings. The molecule has 0 aliphatic heterocycles. The maximum absolute atomic E-state index is 14.1. The topological polar surface area (TPSA) is 133 Å². The van der Waals surface area contributed by atoms with E-state index in [4.69, 9.17) is 9.79 Å². The summed E-state index contributed by atoms with van der Waals surface area (Å²) in [4.78, 5) is 31.3. The number of hydrogen-bond donors (Lipinski definition) is 4. The number of unbranched alkanes of at least 4 members (excludes halogenated alkanes) is 1. The van der Waals surface area contributed by atoms with Gasteiger partial charge in [-0.1, -0.05) is 91.0 Å². The lowest BCUT2D eigenvalue weighted by atomic mass is 10.0. The summed E-state index contributed by atoms with van der Waals surface area (Å²) in [6.07, 6.45) is 2.07. The van der Waals surface area contributed by atoms with Crippen molar-refractivity contribution < 1.29 is 36.3 Å². The molecule has 0 saturated carbocycles. The van der Waals surface area contributed by atoms with Crippen molar-refractivity contribution in [1.82, 2.24) is 10.0 Å². The van der Waals surface area contributed by atoms with Gasteiger partial charge in [0.05, 0.1) is 4.90 Å². The Kier molecular flexibility index (Phi) is 9.91. The van der Waals surface area contributed by atoms with Crippen LogP contribution in [0.5, 0.6) is 0 Å². The lowest BCUT2D eigenvalue weighted by molar-refractivity contribution is -0.122. The molecule has 0 spiro atoms. The molecule has 4 N–H and O–H groups in total. The number of carbonyl (C=O) groups is 1. The first-order valence-electron chi connectivity index (χ1n) is 13.2. The van der Waals surface area contributed by atoms with Crippen LogP contribution in [0.3, 0.4) is 0 Å². The molecule has 0 fully saturated rings. The molecule has 4 aromatic carbocycles. The van der Waals surface area contributed by atoms with E-state index in [2.05, 4.69) is 10.0 Å². The Morgan fingerprint density at radius 2 is 1.48 bits per heavy atom. The van der Waals surface area contributed by atoms with Gasteiger partial charge in [0.25, 0.3) is 0 Å². The Hall–Kier alpha value is -3.47. The van der Waals surface area contributed by atoms with Crippen LogP contribution in [0.1, 0.15) is 29.5 Å². The quantitative estimate of drug-likeness (QED) is 0.122. The largest absolute Gasteiger partial charge is 0.399 e. The van der Waals surface area contributed by atoms with Crippen LogP contribution in [0, 0.1) is 0 Å². The molecule has 0 bridgehead atoms. The molecular weight excluding hydrogens is 585 g/mol. The molecule has 0 aliphatic rings. The fraction of sp³-hybridized carbons (Fsp3) is 0.233. The molecule has 0 aliphatic carbocycles. The molecule has 12 heteroatoms. The number of sulfonamides is 1. The van der Waals surface area contributed by atoms with Crippen LogP contribution >= 0.6 is 7.60 Å². The van der Waals surface area contributed by atoms with Gasteiger partial charge in [0.15, 0.2) is 0 Å². The minimum atomic E-state index is -5.76. The smallest absolute Gasteiger partial charge is 0.355 e. The number of alkyl halides is 2. The molecule has 0 radical (unpaired) electrons. The van der Waals surface area contributed by atoms with E-state index >= 15 is 0 Å². The predicted molar refractivity (Wildman–Crippen MR) is 157 cm³/mol. The number of aryl methyl sites for hydroxylation is 1. The Balaban J connectivity index is 1.52. The third-order valence-corrected chi connectivity index (χ3v) is 9.31. The minimum Gasteiger partial charge on any atom is -0.355 e. The number of rotatable bonds is 13. The van der Waals surface area contributed by atoms with Gasteiger partial charge in [0.1, 0.15) is 6.04 Å². The maximum Gasteiger partial charge on any atom is 0.399 e. The van der Waals surface area contributed by atoms with Gasteiger partial charge in [-0.15, -0.1) is 0 Å². The van der Waals surface area contributed by atoms with Gasteiger partial charge in [-0.05, 0) is 48.3 Å². The molecule has 4 rings (SSSR count).